The number of nitriles is 1. The van der Waals surface area contributed by atoms with Crippen molar-refractivity contribution in [3.8, 4) is 6.07 Å². The number of hydrogen-bond acceptors (Lipinski definition) is 4. The quantitative estimate of drug-likeness (QED) is 0.379. The maximum Gasteiger partial charge on any atom is 0.222 e. The third-order valence-corrected chi connectivity index (χ3v) is 4.68. The summed E-state index contributed by atoms with van der Waals surface area (Å²) in [6, 6.07) is 10.3. The first kappa shape index (κ1) is 21.5. The number of carbonyl (C=O) groups is 1. The Hall–Kier alpha value is -2.75. The second-order valence-corrected chi connectivity index (χ2v) is 7.26. The van der Waals surface area contributed by atoms with Crippen LogP contribution in [0.1, 0.15) is 39.2 Å². The van der Waals surface area contributed by atoms with Gasteiger partial charge in [0.1, 0.15) is 6.07 Å². The molecule has 2 rings (SSSR count). The van der Waals surface area contributed by atoms with Gasteiger partial charge in [-0.2, -0.15) is 5.26 Å². The van der Waals surface area contributed by atoms with Crippen molar-refractivity contribution >= 4 is 17.6 Å². The number of guanidine groups is 1. The van der Waals surface area contributed by atoms with E-state index in [-0.39, 0.29) is 17.9 Å². The van der Waals surface area contributed by atoms with E-state index in [0.29, 0.717) is 18.7 Å². The average molecular weight is 385 g/mol. The molecule has 28 heavy (non-hydrogen) atoms. The smallest absolute Gasteiger partial charge is 0.222 e. The summed E-state index contributed by atoms with van der Waals surface area (Å²) in [5, 5.41) is 19.0. The zero-order chi connectivity index (χ0) is 20.4. The van der Waals surface area contributed by atoms with E-state index in [2.05, 4.69) is 31.9 Å². The molecule has 0 radical (unpaired) electrons. The number of nitrogens with zero attached hydrogens (tertiary/aromatic N) is 3. The number of rotatable bonds is 7. The van der Waals surface area contributed by atoms with Gasteiger partial charge in [-0.1, -0.05) is 26.0 Å². The first-order valence-corrected chi connectivity index (χ1v) is 10.1. The van der Waals surface area contributed by atoms with Crippen LogP contribution < -0.4 is 20.9 Å². The molecular formula is C21H32N6O. The van der Waals surface area contributed by atoms with Gasteiger partial charge in [0.25, 0.3) is 0 Å². The van der Waals surface area contributed by atoms with Gasteiger partial charge in [0.15, 0.2) is 5.96 Å². The van der Waals surface area contributed by atoms with E-state index in [1.54, 1.807) is 0 Å². The lowest BCUT2D eigenvalue weighted by molar-refractivity contribution is -0.123. The van der Waals surface area contributed by atoms with Crippen LogP contribution in [0.5, 0.6) is 0 Å². The minimum absolute atomic E-state index is 0.0140. The number of amides is 1. The van der Waals surface area contributed by atoms with E-state index in [4.69, 9.17) is 0 Å². The van der Waals surface area contributed by atoms with E-state index < -0.39 is 0 Å². The summed E-state index contributed by atoms with van der Waals surface area (Å²) in [5.74, 6) is 0.800. The molecule has 1 aliphatic rings. The Morgan fingerprint density at radius 2 is 2.14 bits per heavy atom. The molecule has 1 amide bonds. The van der Waals surface area contributed by atoms with Crippen LogP contribution in [0.2, 0.25) is 0 Å². The molecule has 3 N–H and O–H groups in total. The molecule has 0 saturated carbocycles. The highest BCUT2D eigenvalue weighted by molar-refractivity contribution is 5.80. The summed E-state index contributed by atoms with van der Waals surface area (Å²) in [6.07, 6.45) is 2.11. The lowest BCUT2D eigenvalue weighted by Gasteiger charge is -2.35. The SMILES string of the molecule is CCNC(=NCCNC(=O)C(C)C)NC1CCCN(c2ccccc2C#N)C1. The van der Waals surface area contributed by atoms with Gasteiger partial charge in [0, 0.05) is 38.1 Å². The molecule has 7 heteroatoms. The molecule has 1 aliphatic heterocycles. The maximum absolute atomic E-state index is 11.6. The lowest BCUT2D eigenvalue weighted by Crippen LogP contribution is -2.51. The Morgan fingerprint density at radius 1 is 1.36 bits per heavy atom. The normalized spacial score (nSPS) is 17.2. The van der Waals surface area contributed by atoms with Crippen LogP contribution in [-0.2, 0) is 4.79 Å². The second kappa shape index (κ2) is 11.2. The number of aliphatic imine (C=N–C) groups is 1. The van der Waals surface area contributed by atoms with Gasteiger partial charge in [-0.15, -0.1) is 0 Å². The highest BCUT2D eigenvalue weighted by Crippen LogP contribution is 2.23. The summed E-state index contributed by atoms with van der Waals surface area (Å²) in [4.78, 5) is 18.5. The number of para-hydroxylation sites is 1. The number of benzene rings is 1. The van der Waals surface area contributed by atoms with Crippen molar-refractivity contribution in [2.75, 3.05) is 37.6 Å². The summed E-state index contributed by atoms with van der Waals surface area (Å²) in [7, 11) is 0. The molecule has 1 saturated heterocycles. The molecule has 0 bridgehead atoms. The molecular weight excluding hydrogens is 352 g/mol. The van der Waals surface area contributed by atoms with Crippen molar-refractivity contribution in [2.45, 2.75) is 39.7 Å². The van der Waals surface area contributed by atoms with Crippen LogP contribution in [0.15, 0.2) is 29.3 Å². The Bertz CT molecular complexity index is 709. The van der Waals surface area contributed by atoms with E-state index >= 15 is 0 Å². The van der Waals surface area contributed by atoms with E-state index in [1.165, 1.54) is 0 Å². The fraction of sp³-hybridized carbons (Fsp3) is 0.571. The van der Waals surface area contributed by atoms with E-state index in [0.717, 1.165) is 44.1 Å². The standard InChI is InChI=1S/C21H32N6O/c1-4-23-21(25-12-11-24-20(28)16(2)3)26-18-9-7-13-27(15-18)19-10-6-5-8-17(19)14-22/h5-6,8,10,16,18H,4,7,9,11-13,15H2,1-3H3,(H,24,28)(H2,23,25,26). The molecule has 1 unspecified atom stereocenters. The van der Waals surface area contributed by atoms with Gasteiger partial charge in [-0.05, 0) is 31.9 Å². The average Bonchev–Trinajstić information content (AvgIpc) is 2.71. The van der Waals surface area contributed by atoms with Crippen LogP contribution in [0.25, 0.3) is 0 Å². The molecule has 1 atom stereocenters. The third kappa shape index (κ3) is 6.45. The summed E-state index contributed by atoms with van der Waals surface area (Å²) >= 11 is 0. The minimum Gasteiger partial charge on any atom is -0.368 e. The first-order valence-electron chi connectivity index (χ1n) is 10.1. The minimum atomic E-state index is -0.0140. The van der Waals surface area contributed by atoms with Gasteiger partial charge >= 0.3 is 0 Å². The molecule has 152 valence electrons. The van der Waals surface area contributed by atoms with Crippen molar-refractivity contribution in [2.24, 2.45) is 10.9 Å². The molecule has 0 aromatic heterocycles. The Balaban J connectivity index is 1.94. The van der Waals surface area contributed by atoms with Gasteiger partial charge in [0.2, 0.25) is 5.91 Å². The molecule has 1 aromatic rings. The molecule has 1 aromatic carbocycles. The highest BCUT2D eigenvalue weighted by Gasteiger charge is 2.22. The second-order valence-electron chi connectivity index (χ2n) is 7.26. The fourth-order valence-electron chi connectivity index (χ4n) is 3.22. The van der Waals surface area contributed by atoms with Crippen LogP contribution in [0.4, 0.5) is 5.69 Å². The zero-order valence-electron chi connectivity index (χ0n) is 17.2. The van der Waals surface area contributed by atoms with Gasteiger partial charge in [0.05, 0.1) is 17.8 Å². The first-order chi connectivity index (χ1) is 13.5. The fourth-order valence-corrected chi connectivity index (χ4v) is 3.22. The third-order valence-electron chi connectivity index (χ3n) is 4.68. The largest absolute Gasteiger partial charge is 0.368 e. The molecule has 1 fully saturated rings. The summed E-state index contributed by atoms with van der Waals surface area (Å²) in [6.45, 7) is 9.40. The van der Waals surface area contributed by atoms with Crippen molar-refractivity contribution in [1.82, 2.24) is 16.0 Å². The predicted octanol–water partition coefficient (Wildman–Crippen LogP) is 1.85. The topological polar surface area (TPSA) is 92.5 Å². The van der Waals surface area contributed by atoms with Crippen molar-refractivity contribution in [1.29, 1.82) is 5.26 Å². The lowest BCUT2D eigenvalue weighted by atomic mass is 10.0. The number of carbonyl (C=O) groups excluding carboxylic acids is 1. The van der Waals surface area contributed by atoms with Crippen LogP contribution in [0.3, 0.4) is 0 Å². The van der Waals surface area contributed by atoms with Crippen molar-refractivity contribution in [3.63, 3.8) is 0 Å². The van der Waals surface area contributed by atoms with Crippen LogP contribution >= 0.6 is 0 Å². The molecule has 1 heterocycles. The number of anilines is 1. The van der Waals surface area contributed by atoms with Gasteiger partial charge in [-0.25, -0.2) is 0 Å². The van der Waals surface area contributed by atoms with Crippen LogP contribution in [0, 0.1) is 17.2 Å². The van der Waals surface area contributed by atoms with E-state index in [9.17, 15) is 10.1 Å². The van der Waals surface area contributed by atoms with Gasteiger partial charge < -0.3 is 20.9 Å². The predicted molar refractivity (Wildman–Crippen MR) is 113 cm³/mol. The Kier molecular flexibility index (Phi) is 8.60. The Labute approximate surface area is 168 Å². The zero-order valence-corrected chi connectivity index (χ0v) is 17.2. The molecule has 0 aliphatic carbocycles. The van der Waals surface area contributed by atoms with Crippen molar-refractivity contribution < 1.29 is 4.79 Å². The highest BCUT2D eigenvalue weighted by atomic mass is 16.1. The summed E-state index contributed by atoms with van der Waals surface area (Å²) in [5.41, 5.74) is 1.71. The van der Waals surface area contributed by atoms with Crippen molar-refractivity contribution in [3.05, 3.63) is 29.8 Å². The summed E-state index contributed by atoms with van der Waals surface area (Å²) < 4.78 is 0. The van der Waals surface area contributed by atoms with Crippen LogP contribution in [-0.4, -0.2) is 50.6 Å². The van der Waals surface area contributed by atoms with E-state index in [1.807, 2.05) is 45.0 Å². The molecule has 0 spiro atoms. The number of hydrogen-bond donors (Lipinski definition) is 3. The maximum atomic E-state index is 11.6. The Morgan fingerprint density at radius 3 is 2.86 bits per heavy atom. The number of piperidine rings is 1. The monoisotopic (exact) mass is 384 g/mol. The number of nitrogens with one attached hydrogen (secondary N) is 3. The van der Waals surface area contributed by atoms with Gasteiger partial charge in [-0.3, -0.25) is 9.79 Å². The molecule has 7 nitrogen and oxygen atoms in total.